The van der Waals surface area contributed by atoms with Gasteiger partial charge in [0.2, 0.25) is 0 Å². The molecule has 5 heteroatoms. The van der Waals surface area contributed by atoms with Crippen LogP contribution in [-0.4, -0.2) is 24.3 Å². The van der Waals surface area contributed by atoms with E-state index in [0.717, 1.165) is 11.3 Å². The van der Waals surface area contributed by atoms with Gasteiger partial charge in [0, 0.05) is 7.05 Å². The fourth-order valence-electron chi connectivity index (χ4n) is 1.77. The topological polar surface area (TPSA) is 36.5 Å². The summed E-state index contributed by atoms with van der Waals surface area (Å²) in [5.41, 5.74) is 4.04. The van der Waals surface area contributed by atoms with Crippen molar-refractivity contribution in [1.82, 2.24) is 15.8 Å². The molecule has 1 fully saturated rings. The zero-order chi connectivity index (χ0) is 11.8. The first kappa shape index (κ1) is 11.2. The molecule has 1 aromatic rings. The summed E-state index contributed by atoms with van der Waals surface area (Å²) in [6.45, 7) is 2.05. The molecule has 16 heavy (non-hydrogen) atoms. The lowest BCUT2D eigenvalue weighted by Gasteiger charge is -2.25. The summed E-state index contributed by atoms with van der Waals surface area (Å²) in [4.78, 5) is 0. The Morgan fingerprint density at radius 2 is 1.94 bits per heavy atom. The molecule has 0 spiro atoms. The predicted molar refractivity (Wildman–Crippen MR) is 67.0 cm³/mol. The molecule has 0 unspecified atom stereocenters. The Kier molecular flexibility index (Phi) is 2.73. The quantitative estimate of drug-likeness (QED) is 0.756. The zero-order valence-corrected chi connectivity index (χ0v) is 10.4. The van der Waals surface area contributed by atoms with Gasteiger partial charge in [0.25, 0.3) is 0 Å². The first-order valence-corrected chi connectivity index (χ1v) is 5.44. The summed E-state index contributed by atoms with van der Waals surface area (Å²) < 4.78 is 5.13. The highest BCUT2D eigenvalue weighted by Crippen LogP contribution is 2.24. The number of hydrazine groups is 1. The molecule has 1 atom stereocenters. The maximum atomic E-state index is 5.17. The van der Waals surface area contributed by atoms with Crippen LogP contribution in [0.4, 0.5) is 0 Å². The van der Waals surface area contributed by atoms with Gasteiger partial charge in [-0.3, -0.25) is 5.01 Å². The molecule has 1 aliphatic heterocycles. The van der Waals surface area contributed by atoms with E-state index >= 15 is 0 Å². The van der Waals surface area contributed by atoms with Crippen molar-refractivity contribution in [3.05, 3.63) is 29.8 Å². The third-order valence-electron chi connectivity index (χ3n) is 2.72. The summed E-state index contributed by atoms with van der Waals surface area (Å²) in [6.07, 6.45) is 0. The molecule has 0 saturated carbocycles. The van der Waals surface area contributed by atoms with Crippen molar-refractivity contribution in [2.75, 3.05) is 14.2 Å². The lowest BCUT2D eigenvalue weighted by molar-refractivity contribution is 0.266. The Morgan fingerprint density at radius 1 is 1.31 bits per heavy atom. The molecule has 1 aromatic carbocycles. The minimum Gasteiger partial charge on any atom is -0.497 e. The van der Waals surface area contributed by atoms with Gasteiger partial charge < -0.3 is 10.1 Å². The van der Waals surface area contributed by atoms with Crippen LogP contribution in [-0.2, 0) is 5.66 Å². The fourth-order valence-corrected chi connectivity index (χ4v) is 2.02. The average molecular weight is 237 g/mol. The number of nitrogens with one attached hydrogen (secondary N) is 2. The van der Waals surface area contributed by atoms with Gasteiger partial charge in [0.1, 0.15) is 11.4 Å². The summed E-state index contributed by atoms with van der Waals surface area (Å²) in [6, 6.07) is 7.90. The molecule has 0 bridgehead atoms. The number of ether oxygens (including phenoxy) is 1. The molecule has 0 aromatic heterocycles. The number of benzene rings is 1. The smallest absolute Gasteiger partial charge is 0.185 e. The van der Waals surface area contributed by atoms with E-state index in [9.17, 15) is 0 Å². The van der Waals surface area contributed by atoms with Gasteiger partial charge in [-0.25, -0.2) is 5.43 Å². The van der Waals surface area contributed by atoms with E-state index < -0.39 is 0 Å². The highest BCUT2D eigenvalue weighted by Gasteiger charge is 2.35. The molecule has 0 amide bonds. The van der Waals surface area contributed by atoms with Crippen molar-refractivity contribution in [3.63, 3.8) is 0 Å². The molecule has 1 heterocycles. The van der Waals surface area contributed by atoms with Crippen molar-refractivity contribution in [1.29, 1.82) is 0 Å². The van der Waals surface area contributed by atoms with Gasteiger partial charge in [-0.1, -0.05) is 12.1 Å². The van der Waals surface area contributed by atoms with E-state index in [-0.39, 0.29) is 5.66 Å². The van der Waals surface area contributed by atoms with Crippen LogP contribution >= 0.6 is 12.2 Å². The van der Waals surface area contributed by atoms with E-state index in [2.05, 4.69) is 10.7 Å². The van der Waals surface area contributed by atoms with E-state index in [1.54, 1.807) is 12.1 Å². The highest BCUT2D eigenvalue weighted by molar-refractivity contribution is 7.80. The summed E-state index contributed by atoms with van der Waals surface area (Å²) in [5, 5.41) is 5.74. The predicted octanol–water partition coefficient (Wildman–Crippen LogP) is 1.19. The Labute approximate surface area is 101 Å². The van der Waals surface area contributed by atoms with Crippen LogP contribution in [0.5, 0.6) is 5.75 Å². The number of nitrogens with zero attached hydrogens (tertiary/aromatic N) is 1. The summed E-state index contributed by atoms with van der Waals surface area (Å²) >= 11 is 5.17. The second kappa shape index (κ2) is 3.92. The number of hydrogen-bond donors (Lipinski definition) is 2. The van der Waals surface area contributed by atoms with Crippen molar-refractivity contribution < 1.29 is 4.74 Å². The maximum Gasteiger partial charge on any atom is 0.185 e. The third-order valence-corrected chi connectivity index (χ3v) is 3.10. The van der Waals surface area contributed by atoms with Gasteiger partial charge in [-0.05, 0) is 36.8 Å². The Bertz CT molecular complexity index is 406. The van der Waals surface area contributed by atoms with E-state index in [1.165, 1.54) is 0 Å². The van der Waals surface area contributed by atoms with Crippen LogP contribution in [0.3, 0.4) is 0 Å². The molecule has 4 nitrogen and oxygen atoms in total. The normalized spacial score (nSPS) is 24.4. The maximum absolute atomic E-state index is 5.17. The van der Waals surface area contributed by atoms with Crippen LogP contribution in [0.25, 0.3) is 0 Å². The minimum atomic E-state index is -0.349. The Hall–Kier alpha value is -1.33. The van der Waals surface area contributed by atoms with Crippen LogP contribution in [0.15, 0.2) is 24.3 Å². The Morgan fingerprint density at radius 3 is 2.38 bits per heavy atom. The molecule has 0 radical (unpaired) electrons. The van der Waals surface area contributed by atoms with E-state index in [0.29, 0.717) is 5.11 Å². The standard InChI is InChI=1S/C11H15N3OS/c1-11(12-10(16)14(2)13-11)8-4-6-9(15-3)7-5-8/h4-7,13H,1-3H3,(H,12,16)/t11-/m1/s1. The van der Waals surface area contributed by atoms with Crippen LogP contribution in [0.2, 0.25) is 0 Å². The second-order valence-corrected chi connectivity index (χ2v) is 4.34. The van der Waals surface area contributed by atoms with Gasteiger partial charge >= 0.3 is 0 Å². The van der Waals surface area contributed by atoms with Crippen molar-refractivity contribution in [2.45, 2.75) is 12.6 Å². The molecule has 2 rings (SSSR count). The van der Waals surface area contributed by atoms with E-state index in [4.69, 9.17) is 17.0 Å². The largest absolute Gasteiger partial charge is 0.497 e. The van der Waals surface area contributed by atoms with Crippen molar-refractivity contribution in [2.24, 2.45) is 0 Å². The first-order chi connectivity index (χ1) is 7.55. The average Bonchev–Trinajstić information content (AvgIpc) is 2.54. The zero-order valence-electron chi connectivity index (χ0n) is 9.57. The lowest BCUT2D eigenvalue weighted by Crippen LogP contribution is -2.44. The van der Waals surface area contributed by atoms with Gasteiger partial charge in [-0.15, -0.1) is 0 Å². The number of hydrogen-bond acceptors (Lipinski definition) is 3. The molecule has 2 N–H and O–H groups in total. The lowest BCUT2D eigenvalue weighted by atomic mass is 10.0. The van der Waals surface area contributed by atoms with Gasteiger partial charge in [0.05, 0.1) is 7.11 Å². The van der Waals surface area contributed by atoms with Gasteiger partial charge in [0.15, 0.2) is 5.11 Å². The summed E-state index contributed by atoms with van der Waals surface area (Å²) in [7, 11) is 3.55. The minimum absolute atomic E-state index is 0.349. The fraction of sp³-hybridized carbons (Fsp3) is 0.364. The summed E-state index contributed by atoms with van der Waals surface area (Å²) in [5.74, 6) is 0.848. The van der Waals surface area contributed by atoms with Crippen molar-refractivity contribution in [3.8, 4) is 5.75 Å². The SMILES string of the molecule is COc1ccc([C@]2(C)NC(=S)N(C)N2)cc1. The molecule has 1 aliphatic rings. The van der Waals surface area contributed by atoms with Crippen LogP contribution in [0, 0.1) is 0 Å². The molecular weight excluding hydrogens is 222 g/mol. The monoisotopic (exact) mass is 237 g/mol. The molecule has 1 saturated heterocycles. The number of rotatable bonds is 2. The van der Waals surface area contributed by atoms with Crippen LogP contribution < -0.4 is 15.5 Å². The number of thiocarbonyl (C=S) groups is 1. The highest BCUT2D eigenvalue weighted by atomic mass is 32.1. The van der Waals surface area contributed by atoms with Crippen molar-refractivity contribution >= 4 is 17.3 Å². The molecular formula is C11H15N3OS. The van der Waals surface area contributed by atoms with E-state index in [1.807, 2.05) is 38.2 Å². The second-order valence-electron chi connectivity index (χ2n) is 3.95. The van der Waals surface area contributed by atoms with Crippen LogP contribution in [0.1, 0.15) is 12.5 Å². The first-order valence-electron chi connectivity index (χ1n) is 5.03. The third kappa shape index (κ3) is 1.83. The molecule has 0 aliphatic carbocycles. The van der Waals surface area contributed by atoms with Gasteiger partial charge in [-0.2, -0.15) is 0 Å². The Balaban J connectivity index is 2.26. The molecule has 86 valence electrons. The number of methoxy groups -OCH3 is 1.